The molecule has 2 aromatic rings. The lowest BCUT2D eigenvalue weighted by Gasteiger charge is -2.22. The topological polar surface area (TPSA) is 76.2 Å². The number of cyclic esters (lactones) is 1. The third-order valence-corrected chi connectivity index (χ3v) is 5.70. The number of benzene rings is 2. The maximum Gasteiger partial charge on any atom is 0.413 e. The molecule has 0 aromatic heterocycles. The molecule has 4 rings (SSSR count). The minimum absolute atomic E-state index is 0.0608. The van der Waals surface area contributed by atoms with Gasteiger partial charge in [-0.1, -0.05) is 48.5 Å². The average molecular weight is 408 g/mol. The Morgan fingerprint density at radius 2 is 1.67 bits per heavy atom. The van der Waals surface area contributed by atoms with Crippen molar-refractivity contribution in [2.45, 2.75) is 24.8 Å². The number of rotatable bonds is 5. The number of esters is 1. The van der Waals surface area contributed by atoms with Crippen molar-refractivity contribution in [2.24, 2.45) is 0 Å². The Morgan fingerprint density at radius 1 is 1.07 bits per heavy atom. The van der Waals surface area contributed by atoms with E-state index in [-0.39, 0.29) is 38.0 Å². The van der Waals surface area contributed by atoms with Crippen LogP contribution >= 0.6 is 0 Å². The van der Waals surface area contributed by atoms with Gasteiger partial charge in [0.15, 0.2) is 6.73 Å². The molecular formula is C23H24N2O5. The summed E-state index contributed by atoms with van der Waals surface area (Å²) in [6, 6.07) is 15.4. The summed E-state index contributed by atoms with van der Waals surface area (Å²) in [5.74, 6) is -0.674. The molecule has 1 atom stereocenters. The summed E-state index contributed by atoms with van der Waals surface area (Å²) < 4.78 is 10.7. The smallest absolute Gasteiger partial charge is 0.413 e. The highest BCUT2D eigenvalue weighted by atomic mass is 16.6. The van der Waals surface area contributed by atoms with Crippen LogP contribution in [0.25, 0.3) is 11.1 Å². The van der Waals surface area contributed by atoms with Gasteiger partial charge in [-0.3, -0.25) is 9.69 Å². The maximum atomic E-state index is 12.7. The lowest BCUT2D eigenvalue weighted by Crippen LogP contribution is -2.39. The van der Waals surface area contributed by atoms with Gasteiger partial charge in [-0.2, -0.15) is 0 Å². The van der Waals surface area contributed by atoms with Gasteiger partial charge in [0.1, 0.15) is 12.6 Å². The van der Waals surface area contributed by atoms with Crippen molar-refractivity contribution in [3.05, 3.63) is 59.7 Å². The van der Waals surface area contributed by atoms with Gasteiger partial charge in [-0.05, 0) is 28.7 Å². The minimum atomic E-state index is -0.801. The van der Waals surface area contributed by atoms with Crippen molar-refractivity contribution < 1.29 is 23.9 Å². The van der Waals surface area contributed by atoms with Crippen LogP contribution < -0.4 is 0 Å². The summed E-state index contributed by atoms with van der Waals surface area (Å²) in [5, 5.41) is 0. The largest absolute Gasteiger partial charge is 0.448 e. The zero-order chi connectivity index (χ0) is 21.3. The van der Waals surface area contributed by atoms with Gasteiger partial charge in [0.05, 0.1) is 0 Å². The second-order valence-corrected chi connectivity index (χ2v) is 7.71. The van der Waals surface area contributed by atoms with Crippen LogP contribution in [0.5, 0.6) is 0 Å². The van der Waals surface area contributed by atoms with E-state index in [1.54, 1.807) is 14.1 Å². The fraction of sp³-hybridized carbons (Fsp3) is 0.348. The van der Waals surface area contributed by atoms with Gasteiger partial charge in [0.2, 0.25) is 5.91 Å². The van der Waals surface area contributed by atoms with Crippen molar-refractivity contribution in [1.29, 1.82) is 0 Å². The molecule has 0 spiro atoms. The molecule has 1 fully saturated rings. The zero-order valence-corrected chi connectivity index (χ0v) is 17.0. The summed E-state index contributed by atoms with van der Waals surface area (Å²) in [4.78, 5) is 39.4. The Labute approximate surface area is 175 Å². The summed E-state index contributed by atoms with van der Waals surface area (Å²) >= 11 is 0. The van der Waals surface area contributed by atoms with E-state index in [1.807, 2.05) is 36.4 Å². The van der Waals surface area contributed by atoms with Gasteiger partial charge < -0.3 is 14.4 Å². The van der Waals surface area contributed by atoms with E-state index in [4.69, 9.17) is 9.47 Å². The average Bonchev–Trinajstić information content (AvgIpc) is 3.28. The van der Waals surface area contributed by atoms with Crippen LogP contribution in [-0.2, 0) is 19.1 Å². The number of hydrogen-bond donors (Lipinski definition) is 0. The van der Waals surface area contributed by atoms with Gasteiger partial charge in [-0.15, -0.1) is 0 Å². The molecule has 2 amide bonds. The highest BCUT2D eigenvalue weighted by molar-refractivity contribution is 5.85. The number of hydrogen-bond acceptors (Lipinski definition) is 5. The fourth-order valence-corrected chi connectivity index (χ4v) is 4.06. The molecule has 0 saturated carbocycles. The predicted molar refractivity (Wildman–Crippen MR) is 110 cm³/mol. The summed E-state index contributed by atoms with van der Waals surface area (Å²) in [7, 11) is 3.30. The highest BCUT2D eigenvalue weighted by Gasteiger charge is 2.39. The molecule has 156 valence electrons. The number of carbonyl (C=O) groups excluding carboxylic acids is 3. The van der Waals surface area contributed by atoms with Crippen LogP contribution in [-0.4, -0.2) is 61.2 Å². The normalized spacial score (nSPS) is 17.3. The van der Waals surface area contributed by atoms with Crippen LogP contribution in [0.2, 0.25) is 0 Å². The first-order valence-corrected chi connectivity index (χ1v) is 9.95. The number of ether oxygens (including phenoxy) is 2. The van der Waals surface area contributed by atoms with Crippen molar-refractivity contribution >= 4 is 18.0 Å². The molecule has 2 aliphatic rings. The first kappa shape index (κ1) is 19.9. The minimum Gasteiger partial charge on any atom is -0.448 e. The molecule has 1 heterocycles. The summed E-state index contributed by atoms with van der Waals surface area (Å²) in [6.07, 6.45) is -0.245. The van der Waals surface area contributed by atoms with E-state index in [9.17, 15) is 14.4 Å². The van der Waals surface area contributed by atoms with Gasteiger partial charge >= 0.3 is 12.1 Å². The quantitative estimate of drug-likeness (QED) is 0.711. The summed E-state index contributed by atoms with van der Waals surface area (Å²) in [5.41, 5.74) is 4.53. The molecule has 7 nitrogen and oxygen atoms in total. The molecule has 30 heavy (non-hydrogen) atoms. The lowest BCUT2D eigenvalue weighted by atomic mass is 9.98. The third-order valence-electron chi connectivity index (χ3n) is 5.70. The van der Waals surface area contributed by atoms with E-state index in [0.29, 0.717) is 0 Å². The summed E-state index contributed by atoms with van der Waals surface area (Å²) in [6.45, 7) is 0.0111. The fourth-order valence-electron chi connectivity index (χ4n) is 4.06. The molecule has 1 saturated heterocycles. The first-order valence-electron chi connectivity index (χ1n) is 9.95. The second kappa shape index (κ2) is 8.18. The molecule has 7 heteroatoms. The molecule has 1 unspecified atom stereocenters. The Bertz CT molecular complexity index is 942. The van der Waals surface area contributed by atoms with Crippen molar-refractivity contribution in [3.63, 3.8) is 0 Å². The van der Waals surface area contributed by atoms with Crippen molar-refractivity contribution in [3.8, 4) is 11.1 Å². The monoisotopic (exact) mass is 408 g/mol. The first-order chi connectivity index (χ1) is 14.5. The van der Waals surface area contributed by atoms with Crippen LogP contribution in [0.4, 0.5) is 4.79 Å². The highest BCUT2D eigenvalue weighted by Crippen LogP contribution is 2.44. The Hall–Kier alpha value is -3.35. The van der Waals surface area contributed by atoms with Gasteiger partial charge in [0, 0.05) is 26.4 Å². The Balaban J connectivity index is 1.44. The van der Waals surface area contributed by atoms with Crippen LogP contribution in [0.1, 0.15) is 29.9 Å². The standard InChI is InChI=1S/C23H24N2O5/c1-24(2)21(26)12-11-20-22(27)30-14-25(20)23(28)29-13-19-17-9-5-3-7-15(17)16-8-4-6-10-18(16)19/h3-10,19-20H,11-14H2,1-2H3. The van der Waals surface area contributed by atoms with Crippen LogP contribution in [0, 0.1) is 0 Å². The van der Waals surface area contributed by atoms with E-state index in [1.165, 1.54) is 9.80 Å². The lowest BCUT2D eigenvalue weighted by molar-refractivity contribution is -0.139. The number of amides is 2. The molecule has 0 bridgehead atoms. The van der Waals surface area contributed by atoms with Crippen LogP contribution in [0.15, 0.2) is 48.5 Å². The third kappa shape index (κ3) is 3.63. The SMILES string of the molecule is CN(C)C(=O)CCC1C(=O)OCN1C(=O)OCC1c2ccccc2-c2ccccc21. The molecular weight excluding hydrogens is 384 g/mol. The maximum absolute atomic E-state index is 12.7. The number of carbonyl (C=O) groups is 3. The Morgan fingerprint density at radius 3 is 2.27 bits per heavy atom. The molecule has 2 aromatic carbocycles. The Kier molecular flexibility index (Phi) is 5.44. The number of nitrogens with zero attached hydrogens (tertiary/aromatic N) is 2. The van der Waals surface area contributed by atoms with Crippen molar-refractivity contribution in [1.82, 2.24) is 9.80 Å². The molecule has 1 aliphatic carbocycles. The van der Waals surface area contributed by atoms with Crippen molar-refractivity contribution in [2.75, 3.05) is 27.4 Å². The van der Waals surface area contributed by atoms with E-state index in [2.05, 4.69) is 12.1 Å². The molecule has 0 radical (unpaired) electrons. The molecule has 1 aliphatic heterocycles. The molecule has 0 N–H and O–H groups in total. The van der Waals surface area contributed by atoms with Gasteiger partial charge in [0.25, 0.3) is 0 Å². The van der Waals surface area contributed by atoms with Crippen LogP contribution in [0.3, 0.4) is 0 Å². The van der Waals surface area contributed by atoms with E-state index < -0.39 is 18.1 Å². The van der Waals surface area contributed by atoms with E-state index >= 15 is 0 Å². The predicted octanol–water partition coefficient (Wildman–Crippen LogP) is 2.99. The zero-order valence-electron chi connectivity index (χ0n) is 17.0. The van der Waals surface area contributed by atoms with E-state index in [0.717, 1.165) is 22.3 Å². The number of fused-ring (bicyclic) bond motifs is 3. The van der Waals surface area contributed by atoms with Gasteiger partial charge in [-0.25, -0.2) is 9.59 Å². The second-order valence-electron chi connectivity index (χ2n) is 7.71.